The van der Waals surface area contributed by atoms with E-state index in [0.717, 1.165) is 0 Å². The molecule has 0 saturated carbocycles. The third-order valence-corrected chi connectivity index (χ3v) is 2.55. The van der Waals surface area contributed by atoms with Crippen molar-refractivity contribution in [1.82, 2.24) is 10.3 Å². The van der Waals surface area contributed by atoms with Gasteiger partial charge in [-0.3, -0.25) is 4.79 Å². The largest absolute Gasteiger partial charge is 0.478 e. The zero-order chi connectivity index (χ0) is 15.1. The Hall–Kier alpha value is -2.35. The number of nitrogens with two attached hydrogens (primary N) is 1. The second-order valence-electron chi connectivity index (χ2n) is 4.13. The van der Waals surface area contributed by atoms with Crippen LogP contribution in [0.15, 0.2) is 12.3 Å². The summed E-state index contributed by atoms with van der Waals surface area (Å²) in [6.07, 6.45) is 1.26. The van der Waals surface area contributed by atoms with Crippen molar-refractivity contribution in [3.63, 3.8) is 0 Å². The van der Waals surface area contributed by atoms with Crippen LogP contribution in [0, 0.1) is 0 Å². The molecule has 1 aromatic rings. The molecule has 0 spiro atoms. The topological polar surface area (TPSA) is 118 Å². The van der Waals surface area contributed by atoms with Gasteiger partial charge in [-0.1, -0.05) is 0 Å². The summed E-state index contributed by atoms with van der Waals surface area (Å²) in [5.41, 5.74) is 5.56. The number of pyridine rings is 1. The summed E-state index contributed by atoms with van der Waals surface area (Å²) in [4.78, 5) is 28.1. The van der Waals surface area contributed by atoms with E-state index >= 15 is 0 Å². The average Bonchev–Trinajstić information content (AvgIpc) is 2.39. The Morgan fingerprint density at radius 3 is 2.85 bits per heavy atom. The van der Waals surface area contributed by atoms with Crippen molar-refractivity contribution in [3.05, 3.63) is 17.8 Å². The first-order valence-corrected chi connectivity index (χ1v) is 5.91. The molecule has 8 heteroatoms. The number of nitrogens with one attached hydrogen (secondary N) is 1. The maximum atomic E-state index is 11.6. The molecular weight excluding hydrogens is 264 g/mol. The third-order valence-electron chi connectivity index (χ3n) is 2.55. The lowest BCUT2D eigenvalue weighted by Crippen LogP contribution is -2.37. The number of anilines is 2. The quantitative estimate of drug-likeness (QED) is 0.580. The molecule has 0 atom stereocenters. The molecule has 0 fully saturated rings. The number of aromatic nitrogens is 1. The highest BCUT2D eigenvalue weighted by Crippen LogP contribution is 2.17. The fourth-order valence-electron chi connectivity index (χ4n) is 1.49. The van der Waals surface area contributed by atoms with Crippen LogP contribution in [0.5, 0.6) is 0 Å². The van der Waals surface area contributed by atoms with Crippen LogP contribution in [0.25, 0.3) is 0 Å². The monoisotopic (exact) mass is 282 g/mol. The van der Waals surface area contributed by atoms with Crippen molar-refractivity contribution in [2.24, 2.45) is 0 Å². The van der Waals surface area contributed by atoms with Gasteiger partial charge in [0.25, 0.3) is 0 Å². The summed E-state index contributed by atoms with van der Waals surface area (Å²) < 4.78 is 4.82. The normalized spacial score (nSPS) is 10.1. The number of carboxylic acid groups (broad SMARTS) is 1. The summed E-state index contributed by atoms with van der Waals surface area (Å²) in [6, 6.07) is 1.33. The molecule has 0 aliphatic heterocycles. The minimum atomic E-state index is -1.14. The van der Waals surface area contributed by atoms with E-state index in [9.17, 15) is 9.59 Å². The fourth-order valence-corrected chi connectivity index (χ4v) is 1.49. The molecule has 0 bridgehead atoms. The molecule has 1 heterocycles. The Morgan fingerprint density at radius 1 is 1.55 bits per heavy atom. The Morgan fingerprint density at radius 2 is 2.25 bits per heavy atom. The lowest BCUT2D eigenvalue weighted by Gasteiger charge is -2.18. The van der Waals surface area contributed by atoms with E-state index in [1.165, 1.54) is 17.2 Å². The van der Waals surface area contributed by atoms with Crippen LogP contribution < -0.4 is 16.0 Å². The number of carbonyl (C=O) groups is 2. The second kappa shape index (κ2) is 7.29. The van der Waals surface area contributed by atoms with Gasteiger partial charge in [-0.15, -0.1) is 0 Å². The zero-order valence-corrected chi connectivity index (χ0v) is 11.4. The van der Waals surface area contributed by atoms with E-state index in [2.05, 4.69) is 10.3 Å². The molecule has 110 valence electrons. The number of rotatable bonds is 7. The Labute approximate surface area is 116 Å². The van der Waals surface area contributed by atoms with Crippen LogP contribution in [0.1, 0.15) is 10.4 Å². The van der Waals surface area contributed by atoms with Crippen molar-refractivity contribution in [3.8, 4) is 0 Å². The van der Waals surface area contributed by atoms with E-state index in [1.54, 1.807) is 14.2 Å². The number of methoxy groups -OCH3 is 1. The summed E-state index contributed by atoms with van der Waals surface area (Å²) in [6.45, 7) is 0.900. The number of carboxylic acids is 1. The van der Waals surface area contributed by atoms with Gasteiger partial charge < -0.3 is 25.8 Å². The van der Waals surface area contributed by atoms with Crippen LogP contribution in [0.4, 0.5) is 11.5 Å². The number of aromatic carboxylic acids is 1. The van der Waals surface area contributed by atoms with Gasteiger partial charge in [-0.25, -0.2) is 9.78 Å². The Bertz CT molecular complexity index is 492. The van der Waals surface area contributed by atoms with E-state index < -0.39 is 5.97 Å². The van der Waals surface area contributed by atoms with Crippen LogP contribution >= 0.6 is 0 Å². The van der Waals surface area contributed by atoms with Gasteiger partial charge in [0.05, 0.1) is 30.6 Å². The van der Waals surface area contributed by atoms with E-state index in [4.69, 9.17) is 15.6 Å². The molecular formula is C12H18N4O4. The third kappa shape index (κ3) is 4.39. The fraction of sp³-hybridized carbons (Fsp3) is 0.417. The highest BCUT2D eigenvalue weighted by molar-refractivity contribution is 5.94. The molecule has 1 amide bonds. The molecule has 0 radical (unpaired) electrons. The van der Waals surface area contributed by atoms with Crippen LogP contribution in [-0.4, -0.2) is 55.8 Å². The first kappa shape index (κ1) is 15.7. The molecule has 4 N–H and O–H groups in total. The molecule has 1 aromatic heterocycles. The van der Waals surface area contributed by atoms with Gasteiger partial charge in [0.15, 0.2) is 0 Å². The molecule has 0 saturated heterocycles. The number of hydrogen-bond donors (Lipinski definition) is 3. The average molecular weight is 282 g/mol. The van der Waals surface area contributed by atoms with Crippen LogP contribution in [-0.2, 0) is 9.53 Å². The van der Waals surface area contributed by atoms with Gasteiger partial charge in [0.1, 0.15) is 5.82 Å². The predicted octanol–water partition coefficient (Wildman–Crippen LogP) is -0.439. The lowest BCUT2D eigenvalue weighted by atomic mass is 10.2. The number of nitrogens with zero attached hydrogens (tertiary/aromatic N) is 2. The van der Waals surface area contributed by atoms with Crippen molar-refractivity contribution >= 4 is 23.4 Å². The summed E-state index contributed by atoms with van der Waals surface area (Å²) >= 11 is 0. The lowest BCUT2D eigenvalue weighted by molar-refractivity contribution is -0.119. The van der Waals surface area contributed by atoms with Gasteiger partial charge >= 0.3 is 5.97 Å². The second-order valence-corrected chi connectivity index (χ2v) is 4.13. The maximum Gasteiger partial charge on any atom is 0.337 e. The van der Waals surface area contributed by atoms with Crippen LogP contribution in [0.2, 0.25) is 0 Å². The van der Waals surface area contributed by atoms with E-state index in [0.29, 0.717) is 19.0 Å². The number of hydrogen-bond acceptors (Lipinski definition) is 6. The maximum absolute atomic E-state index is 11.6. The zero-order valence-electron chi connectivity index (χ0n) is 11.4. The molecule has 1 rings (SSSR count). The van der Waals surface area contributed by atoms with Gasteiger partial charge in [0, 0.05) is 20.7 Å². The van der Waals surface area contributed by atoms with Gasteiger partial charge in [-0.05, 0) is 6.07 Å². The van der Waals surface area contributed by atoms with Gasteiger partial charge in [0.2, 0.25) is 5.91 Å². The molecule has 20 heavy (non-hydrogen) atoms. The number of carbonyl (C=O) groups excluding carboxylic acids is 1. The minimum absolute atomic E-state index is 0.0401. The minimum Gasteiger partial charge on any atom is -0.478 e. The standard InChI is InChI=1S/C12H18N4O4/c1-16(7-11(17)14-3-4-20-2)10-5-8(12(18)19)9(13)6-15-10/h5-6H,3-4,7,13H2,1-2H3,(H,14,17)(H,18,19). The molecule has 0 unspecified atom stereocenters. The van der Waals surface area contributed by atoms with Crippen molar-refractivity contribution in [2.75, 3.05) is 44.5 Å². The smallest absolute Gasteiger partial charge is 0.337 e. The summed E-state index contributed by atoms with van der Waals surface area (Å²) in [5, 5.41) is 11.6. The molecule has 0 aliphatic rings. The van der Waals surface area contributed by atoms with Gasteiger partial charge in [-0.2, -0.15) is 0 Å². The number of ether oxygens (including phenoxy) is 1. The molecule has 0 aromatic carbocycles. The molecule has 8 nitrogen and oxygen atoms in total. The van der Waals surface area contributed by atoms with Crippen molar-refractivity contribution < 1.29 is 19.4 Å². The molecule has 0 aliphatic carbocycles. The first-order chi connectivity index (χ1) is 9.45. The summed E-state index contributed by atoms with van der Waals surface area (Å²) in [5.74, 6) is -0.984. The number of nitrogen functional groups attached to an aromatic ring is 1. The highest BCUT2D eigenvalue weighted by Gasteiger charge is 2.13. The highest BCUT2D eigenvalue weighted by atomic mass is 16.5. The Balaban J connectivity index is 2.68. The van der Waals surface area contributed by atoms with E-state index in [-0.39, 0.29) is 23.7 Å². The predicted molar refractivity (Wildman–Crippen MR) is 73.8 cm³/mol. The first-order valence-electron chi connectivity index (χ1n) is 5.91. The van der Waals surface area contributed by atoms with Crippen molar-refractivity contribution in [1.29, 1.82) is 0 Å². The Kier molecular flexibility index (Phi) is 5.73. The van der Waals surface area contributed by atoms with Crippen LogP contribution in [0.3, 0.4) is 0 Å². The van der Waals surface area contributed by atoms with E-state index in [1.807, 2.05) is 0 Å². The number of amides is 1. The number of likely N-dealkylation sites (N-methyl/N-ethyl adjacent to an activating group) is 1. The van der Waals surface area contributed by atoms with Crippen molar-refractivity contribution in [2.45, 2.75) is 0 Å². The summed E-state index contributed by atoms with van der Waals surface area (Å²) in [7, 11) is 3.18. The SMILES string of the molecule is COCCNC(=O)CN(C)c1cc(C(=O)O)c(N)cn1.